The van der Waals surface area contributed by atoms with E-state index in [0.717, 1.165) is 18.4 Å². The summed E-state index contributed by atoms with van der Waals surface area (Å²) in [5, 5.41) is 14.3. The second kappa shape index (κ2) is 6.27. The minimum Gasteiger partial charge on any atom is -0.478 e. The van der Waals surface area contributed by atoms with Crippen molar-refractivity contribution >= 4 is 11.9 Å². The first kappa shape index (κ1) is 12.7. The zero-order valence-electron chi connectivity index (χ0n) is 9.45. The number of hydrogen-bond acceptors (Lipinski definition) is 3. The average Bonchev–Trinajstić information content (AvgIpc) is 2.98. The fourth-order valence-electron chi connectivity index (χ4n) is 1.31. The van der Waals surface area contributed by atoms with Crippen molar-refractivity contribution in [2.45, 2.75) is 19.8 Å². The van der Waals surface area contributed by atoms with Crippen molar-refractivity contribution in [3.05, 3.63) is 11.6 Å². The molecule has 0 aromatic carbocycles. The monoisotopic (exact) mass is 226 g/mol. The molecule has 1 rings (SSSR count). The lowest BCUT2D eigenvalue weighted by Gasteiger charge is -2.06. The van der Waals surface area contributed by atoms with Gasteiger partial charge in [0.1, 0.15) is 0 Å². The van der Waals surface area contributed by atoms with Gasteiger partial charge in [0.2, 0.25) is 5.91 Å². The van der Waals surface area contributed by atoms with E-state index in [1.807, 2.05) is 0 Å². The van der Waals surface area contributed by atoms with Gasteiger partial charge >= 0.3 is 5.97 Å². The van der Waals surface area contributed by atoms with E-state index < -0.39 is 5.97 Å². The Morgan fingerprint density at radius 2 is 2.06 bits per heavy atom. The van der Waals surface area contributed by atoms with Crippen molar-refractivity contribution in [3.8, 4) is 0 Å². The van der Waals surface area contributed by atoms with Gasteiger partial charge in [-0.3, -0.25) is 4.79 Å². The van der Waals surface area contributed by atoms with Crippen molar-refractivity contribution in [1.29, 1.82) is 0 Å². The van der Waals surface area contributed by atoms with Crippen molar-refractivity contribution in [1.82, 2.24) is 10.6 Å². The number of carbonyl (C=O) groups excluding carboxylic acids is 1. The lowest BCUT2D eigenvalue weighted by molar-refractivity contribution is -0.131. The van der Waals surface area contributed by atoms with Gasteiger partial charge in [-0.05, 0) is 19.8 Å². The van der Waals surface area contributed by atoms with Gasteiger partial charge in [0.15, 0.2) is 0 Å². The lowest BCUT2D eigenvalue weighted by Crippen LogP contribution is -2.33. The third-order valence-corrected chi connectivity index (χ3v) is 2.32. The maximum absolute atomic E-state index is 11.2. The molecule has 1 amide bonds. The molecule has 0 aliphatic heterocycles. The maximum Gasteiger partial charge on any atom is 0.328 e. The molecule has 0 saturated heterocycles. The van der Waals surface area contributed by atoms with Crippen molar-refractivity contribution < 1.29 is 14.7 Å². The molecule has 0 aromatic heterocycles. The van der Waals surface area contributed by atoms with Crippen molar-refractivity contribution in [3.63, 3.8) is 0 Å². The molecule has 3 N–H and O–H groups in total. The van der Waals surface area contributed by atoms with Crippen LogP contribution in [0.15, 0.2) is 11.6 Å². The summed E-state index contributed by atoms with van der Waals surface area (Å²) < 4.78 is 0. The molecule has 0 aromatic rings. The average molecular weight is 226 g/mol. The van der Waals surface area contributed by atoms with E-state index in [4.69, 9.17) is 5.11 Å². The molecular weight excluding hydrogens is 208 g/mol. The molecule has 5 nitrogen and oxygen atoms in total. The smallest absolute Gasteiger partial charge is 0.328 e. The van der Waals surface area contributed by atoms with Crippen LogP contribution < -0.4 is 10.6 Å². The number of carboxylic acids is 1. The van der Waals surface area contributed by atoms with E-state index in [1.54, 1.807) is 6.92 Å². The number of carboxylic acid groups (broad SMARTS) is 1. The molecule has 0 bridgehead atoms. The Morgan fingerprint density at radius 1 is 1.38 bits per heavy atom. The first-order valence-corrected chi connectivity index (χ1v) is 5.48. The van der Waals surface area contributed by atoms with E-state index in [0.29, 0.717) is 19.6 Å². The van der Waals surface area contributed by atoms with Crippen molar-refractivity contribution in [2.24, 2.45) is 5.92 Å². The molecule has 1 aliphatic rings. The molecule has 1 saturated carbocycles. The number of amides is 1. The molecular formula is C11H18N2O3. The van der Waals surface area contributed by atoms with Gasteiger partial charge in [-0.15, -0.1) is 0 Å². The summed E-state index contributed by atoms with van der Waals surface area (Å²) >= 11 is 0. The van der Waals surface area contributed by atoms with E-state index in [1.165, 1.54) is 6.08 Å². The maximum atomic E-state index is 11.2. The fourth-order valence-corrected chi connectivity index (χ4v) is 1.31. The Balaban J connectivity index is 1.98. The van der Waals surface area contributed by atoms with Crippen LogP contribution in [0.4, 0.5) is 0 Å². The Hall–Kier alpha value is -1.36. The number of carbonyl (C=O) groups is 2. The highest BCUT2D eigenvalue weighted by atomic mass is 16.4. The lowest BCUT2D eigenvalue weighted by atomic mass is 10.3. The Bertz CT molecular complexity index is 296. The van der Waals surface area contributed by atoms with E-state index in [9.17, 15) is 9.59 Å². The van der Waals surface area contributed by atoms with Crippen LogP contribution in [0.25, 0.3) is 0 Å². The Kier molecular flexibility index (Phi) is 4.98. The summed E-state index contributed by atoms with van der Waals surface area (Å²) in [6.07, 6.45) is 3.20. The first-order valence-electron chi connectivity index (χ1n) is 5.48. The standard InChI is InChI=1S/C11H18N2O3/c1-8(6-10(14)15)7-12-4-5-13-11(16)9-2-3-9/h6,9,12H,2-5,7H2,1H3,(H,13,16)(H,14,15). The number of aliphatic carboxylic acids is 1. The minimum atomic E-state index is -0.929. The first-order chi connectivity index (χ1) is 7.59. The van der Waals surface area contributed by atoms with Gasteiger partial charge in [0, 0.05) is 31.6 Å². The number of nitrogens with one attached hydrogen (secondary N) is 2. The third-order valence-electron chi connectivity index (χ3n) is 2.32. The molecule has 0 atom stereocenters. The normalized spacial score (nSPS) is 15.9. The van der Waals surface area contributed by atoms with Crippen LogP contribution in [-0.4, -0.2) is 36.6 Å². The Labute approximate surface area is 94.9 Å². The second-order valence-electron chi connectivity index (χ2n) is 4.07. The highest BCUT2D eigenvalue weighted by Gasteiger charge is 2.28. The number of hydrogen-bond donors (Lipinski definition) is 3. The van der Waals surface area contributed by atoms with Crippen LogP contribution in [0.3, 0.4) is 0 Å². The molecule has 0 heterocycles. The quantitative estimate of drug-likeness (QED) is 0.426. The van der Waals surface area contributed by atoms with Crippen LogP contribution in [-0.2, 0) is 9.59 Å². The zero-order chi connectivity index (χ0) is 12.0. The Morgan fingerprint density at radius 3 is 2.62 bits per heavy atom. The van der Waals surface area contributed by atoms with Crippen LogP contribution in [0, 0.1) is 5.92 Å². The predicted octanol–water partition coefficient (Wildman–Crippen LogP) is 0.133. The predicted molar refractivity (Wildman–Crippen MR) is 60.0 cm³/mol. The summed E-state index contributed by atoms with van der Waals surface area (Å²) in [6, 6.07) is 0. The molecule has 0 unspecified atom stereocenters. The second-order valence-corrected chi connectivity index (χ2v) is 4.07. The highest BCUT2D eigenvalue weighted by molar-refractivity contribution is 5.81. The highest BCUT2D eigenvalue weighted by Crippen LogP contribution is 2.28. The molecule has 1 aliphatic carbocycles. The molecule has 5 heteroatoms. The van der Waals surface area contributed by atoms with Gasteiger partial charge in [-0.2, -0.15) is 0 Å². The van der Waals surface area contributed by atoms with Crippen molar-refractivity contribution in [2.75, 3.05) is 19.6 Å². The fraction of sp³-hybridized carbons (Fsp3) is 0.636. The topological polar surface area (TPSA) is 78.4 Å². The molecule has 0 radical (unpaired) electrons. The summed E-state index contributed by atoms with van der Waals surface area (Å²) in [5.74, 6) is -0.547. The largest absolute Gasteiger partial charge is 0.478 e. The van der Waals surface area contributed by atoms with E-state index in [2.05, 4.69) is 10.6 Å². The van der Waals surface area contributed by atoms with Gasteiger partial charge in [0.05, 0.1) is 0 Å². The molecule has 90 valence electrons. The van der Waals surface area contributed by atoms with Gasteiger partial charge in [-0.1, -0.05) is 5.57 Å². The summed E-state index contributed by atoms with van der Waals surface area (Å²) in [6.45, 7) is 3.54. The minimum absolute atomic E-state index is 0.139. The number of rotatable bonds is 7. The summed E-state index contributed by atoms with van der Waals surface area (Å²) in [5.41, 5.74) is 0.765. The summed E-state index contributed by atoms with van der Waals surface area (Å²) in [4.78, 5) is 21.5. The molecule has 1 fully saturated rings. The van der Waals surface area contributed by atoms with Crippen LogP contribution in [0.5, 0.6) is 0 Å². The third kappa shape index (κ3) is 5.50. The van der Waals surface area contributed by atoms with Gasteiger partial charge < -0.3 is 15.7 Å². The molecule has 0 spiro atoms. The van der Waals surface area contributed by atoms with Gasteiger partial charge in [0.25, 0.3) is 0 Å². The molecule has 16 heavy (non-hydrogen) atoms. The van der Waals surface area contributed by atoms with Crippen LogP contribution >= 0.6 is 0 Å². The SMILES string of the molecule is CC(=CC(=O)O)CNCCNC(=O)C1CC1. The van der Waals surface area contributed by atoms with Crippen LogP contribution in [0.2, 0.25) is 0 Å². The van der Waals surface area contributed by atoms with E-state index >= 15 is 0 Å². The summed E-state index contributed by atoms with van der Waals surface area (Å²) in [7, 11) is 0. The van der Waals surface area contributed by atoms with E-state index in [-0.39, 0.29) is 11.8 Å². The van der Waals surface area contributed by atoms with Gasteiger partial charge in [-0.25, -0.2) is 4.79 Å². The zero-order valence-corrected chi connectivity index (χ0v) is 9.45. The van der Waals surface area contributed by atoms with Crippen LogP contribution in [0.1, 0.15) is 19.8 Å².